The fraction of sp³-hybridized carbons (Fsp3) is 0.455. The lowest BCUT2D eigenvalue weighted by atomic mass is 10.0. The van der Waals surface area contributed by atoms with Crippen LogP contribution in [-0.2, 0) is 16.0 Å². The number of aromatic nitrogens is 1. The average Bonchev–Trinajstić information content (AvgIpc) is 2.25. The molecule has 1 aromatic rings. The summed E-state index contributed by atoms with van der Waals surface area (Å²) in [5, 5.41) is 9.39. The van der Waals surface area contributed by atoms with Crippen LogP contribution in [0.2, 0.25) is 0 Å². The topological polar surface area (TPSA) is 59.4 Å². The third-order valence-corrected chi connectivity index (χ3v) is 2.31. The summed E-state index contributed by atoms with van der Waals surface area (Å²) in [5.41, 5.74) is -0.241. The SMILES string of the molecule is CCOC(=O)Cc1c(C(F)F)ncc(O)c1C. The first-order valence-corrected chi connectivity index (χ1v) is 5.08. The van der Waals surface area contributed by atoms with Gasteiger partial charge in [0.05, 0.1) is 19.2 Å². The highest BCUT2D eigenvalue weighted by Gasteiger charge is 2.21. The van der Waals surface area contributed by atoms with E-state index in [0.29, 0.717) is 0 Å². The van der Waals surface area contributed by atoms with E-state index >= 15 is 0 Å². The molecule has 0 spiro atoms. The number of ether oxygens (including phenoxy) is 1. The Labute approximate surface area is 97.2 Å². The van der Waals surface area contributed by atoms with Crippen molar-refractivity contribution in [3.8, 4) is 5.75 Å². The van der Waals surface area contributed by atoms with Gasteiger partial charge in [0.15, 0.2) is 0 Å². The van der Waals surface area contributed by atoms with Gasteiger partial charge in [-0.05, 0) is 25.0 Å². The predicted octanol–water partition coefficient (Wildman–Crippen LogP) is 2.14. The second kappa shape index (κ2) is 5.56. The van der Waals surface area contributed by atoms with Gasteiger partial charge in [0, 0.05) is 0 Å². The van der Waals surface area contributed by atoms with Crippen molar-refractivity contribution in [1.29, 1.82) is 0 Å². The molecule has 0 aliphatic rings. The number of aromatic hydroxyl groups is 1. The highest BCUT2D eigenvalue weighted by atomic mass is 19.3. The number of carbonyl (C=O) groups excluding carboxylic acids is 1. The number of nitrogens with zero attached hydrogens (tertiary/aromatic N) is 1. The molecule has 1 aromatic heterocycles. The van der Waals surface area contributed by atoms with E-state index in [4.69, 9.17) is 0 Å². The number of pyridine rings is 1. The number of esters is 1. The molecule has 0 amide bonds. The van der Waals surface area contributed by atoms with Crippen LogP contribution in [0.5, 0.6) is 5.75 Å². The van der Waals surface area contributed by atoms with Crippen LogP contribution >= 0.6 is 0 Å². The van der Waals surface area contributed by atoms with E-state index in [1.54, 1.807) is 6.92 Å². The summed E-state index contributed by atoms with van der Waals surface area (Å²) in [6, 6.07) is 0. The molecule has 0 saturated carbocycles. The van der Waals surface area contributed by atoms with Crippen LogP contribution in [0.3, 0.4) is 0 Å². The fourth-order valence-electron chi connectivity index (χ4n) is 1.42. The summed E-state index contributed by atoms with van der Waals surface area (Å²) in [6.45, 7) is 3.26. The van der Waals surface area contributed by atoms with E-state index in [9.17, 15) is 18.7 Å². The molecule has 6 heteroatoms. The van der Waals surface area contributed by atoms with E-state index in [1.807, 2.05) is 0 Å². The van der Waals surface area contributed by atoms with Crippen LogP contribution in [0.1, 0.15) is 30.2 Å². The van der Waals surface area contributed by atoms with Crippen molar-refractivity contribution in [2.24, 2.45) is 0 Å². The highest BCUT2D eigenvalue weighted by molar-refractivity contribution is 5.73. The number of halogens is 2. The van der Waals surface area contributed by atoms with Crippen molar-refractivity contribution < 1.29 is 23.4 Å². The molecular formula is C11H13F2NO3. The molecule has 0 bridgehead atoms. The van der Waals surface area contributed by atoms with Gasteiger partial charge >= 0.3 is 5.97 Å². The third-order valence-electron chi connectivity index (χ3n) is 2.31. The number of rotatable bonds is 4. The van der Waals surface area contributed by atoms with Gasteiger partial charge in [-0.25, -0.2) is 8.78 Å². The van der Waals surface area contributed by atoms with Crippen LogP contribution in [0.15, 0.2) is 6.20 Å². The largest absolute Gasteiger partial charge is 0.506 e. The zero-order valence-corrected chi connectivity index (χ0v) is 9.54. The zero-order valence-electron chi connectivity index (χ0n) is 9.54. The molecule has 0 aliphatic heterocycles. The van der Waals surface area contributed by atoms with Crippen molar-refractivity contribution in [1.82, 2.24) is 4.98 Å². The minimum Gasteiger partial charge on any atom is -0.506 e. The van der Waals surface area contributed by atoms with Crippen molar-refractivity contribution >= 4 is 5.97 Å². The summed E-state index contributed by atoms with van der Waals surface area (Å²) in [6.07, 6.45) is -2.16. The predicted molar refractivity (Wildman–Crippen MR) is 55.9 cm³/mol. The molecule has 1 rings (SSSR count). The first-order valence-electron chi connectivity index (χ1n) is 5.08. The second-order valence-corrected chi connectivity index (χ2v) is 3.41. The summed E-state index contributed by atoms with van der Waals surface area (Å²) >= 11 is 0. The molecule has 0 aliphatic carbocycles. The summed E-state index contributed by atoms with van der Waals surface area (Å²) in [5.74, 6) is -0.835. The van der Waals surface area contributed by atoms with Crippen molar-refractivity contribution in [2.45, 2.75) is 26.7 Å². The van der Waals surface area contributed by atoms with E-state index in [-0.39, 0.29) is 29.9 Å². The van der Waals surface area contributed by atoms with Gasteiger partial charge in [-0.2, -0.15) is 0 Å². The Morgan fingerprint density at radius 3 is 2.76 bits per heavy atom. The van der Waals surface area contributed by atoms with E-state index in [2.05, 4.69) is 9.72 Å². The molecule has 0 atom stereocenters. The Hall–Kier alpha value is -1.72. The number of hydrogen-bond donors (Lipinski definition) is 1. The Kier molecular flexibility index (Phi) is 4.37. The van der Waals surface area contributed by atoms with Crippen LogP contribution in [0, 0.1) is 6.92 Å². The van der Waals surface area contributed by atoms with Gasteiger partial charge in [0.25, 0.3) is 6.43 Å². The fourth-order valence-corrected chi connectivity index (χ4v) is 1.42. The van der Waals surface area contributed by atoms with Gasteiger partial charge in [-0.3, -0.25) is 9.78 Å². The maximum Gasteiger partial charge on any atom is 0.310 e. The van der Waals surface area contributed by atoms with E-state index in [1.165, 1.54) is 6.92 Å². The zero-order chi connectivity index (χ0) is 13.0. The first kappa shape index (κ1) is 13.3. The Morgan fingerprint density at radius 2 is 2.24 bits per heavy atom. The standard InChI is InChI=1S/C11H13F2NO3/c1-3-17-9(16)4-7-6(2)8(15)5-14-10(7)11(12)13/h5,11,15H,3-4H2,1-2H3. The molecule has 1 N–H and O–H groups in total. The lowest BCUT2D eigenvalue weighted by molar-refractivity contribution is -0.142. The molecule has 0 aromatic carbocycles. The summed E-state index contributed by atoms with van der Waals surface area (Å²) < 4.78 is 30.0. The molecule has 0 radical (unpaired) electrons. The molecular weight excluding hydrogens is 232 g/mol. The highest BCUT2D eigenvalue weighted by Crippen LogP contribution is 2.28. The monoisotopic (exact) mass is 245 g/mol. The van der Waals surface area contributed by atoms with Gasteiger partial charge in [0.2, 0.25) is 0 Å². The maximum atomic E-state index is 12.7. The first-order chi connectivity index (χ1) is 7.97. The van der Waals surface area contributed by atoms with Gasteiger partial charge in [-0.15, -0.1) is 0 Å². The molecule has 4 nitrogen and oxygen atoms in total. The lowest BCUT2D eigenvalue weighted by Gasteiger charge is -2.11. The Morgan fingerprint density at radius 1 is 1.59 bits per heavy atom. The number of alkyl halides is 2. The van der Waals surface area contributed by atoms with Crippen LogP contribution in [-0.4, -0.2) is 22.7 Å². The van der Waals surface area contributed by atoms with Gasteiger partial charge in [-0.1, -0.05) is 0 Å². The molecule has 0 saturated heterocycles. The van der Waals surface area contributed by atoms with Crippen molar-refractivity contribution in [3.63, 3.8) is 0 Å². The maximum absolute atomic E-state index is 12.7. The molecule has 0 fully saturated rings. The van der Waals surface area contributed by atoms with E-state index in [0.717, 1.165) is 6.20 Å². The molecule has 17 heavy (non-hydrogen) atoms. The van der Waals surface area contributed by atoms with E-state index < -0.39 is 18.1 Å². The van der Waals surface area contributed by atoms with Gasteiger partial charge in [0.1, 0.15) is 11.4 Å². The molecule has 94 valence electrons. The number of hydrogen-bond acceptors (Lipinski definition) is 4. The smallest absolute Gasteiger partial charge is 0.310 e. The summed E-state index contributed by atoms with van der Waals surface area (Å²) in [4.78, 5) is 14.7. The molecule has 0 unspecified atom stereocenters. The average molecular weight is 245 g/mol. The summed E-state index contributed by atoms with van der Waals surface area (Å²) in [7, 11) is 0. The Balaban J connectivity index is 3.10. The molecule has 1 heterocycles. The van der Waals surface area contributed by atoms with Crippen molar-refractivity contribution in [2.75, 3.05) is 6.61 Å². The van der Waals surface area contributed by atoms with Crippen LogP contribution in [0.4, 0.5) is 8.78 Å². The van der Waals surface area contributed by atoms with Crippen LogP contribution < -0.4 is 0 Å². The minimum atomic E-state index is -2.79. The number of carbonyl (C=O) groups is 1. The quantitative estimate of drug-likeness (QED) is 0.825. The normalized spacial score (nSPS) is 10.6. The second-order valence-electron chi connectivity index (χ2n) is 3.41. The third kappa shape index (κ3) is 3.12. The van der Waals surface area contributed by atoms with Gasteiger partial charge < -0.3 is 9.84 Å². The van der Waals surface area contributed by atoms with Crippen molar-refractivity contribution in [3.05, 3.63) is 23.0 Å². The minimum absolute atomic E-state index is 0.0263. The lowest BCUT2D eigenvalue weighted by Crippen LogP contribution is -2.12. The van der Waals surface area contributed by atoms with Crippen LogP contribution in [0.25, 0.3) is 0 Å². The Bertz CT molecular complexity index is 421.